The molecule has 0 radical (unpaired) electrons. The summed E-state index contributed by atoms with van der Waals surface area (Å²) in [6.45, 7) is 10.3. The van der Waals surface area contributed by atoms with Crippen molar-refractivity contribution in [2.45, 2.75) is 67.4 Å². The van der Waals surface area contributed by atoms with Crippen LogP contribution in [-0.2, 0) is 19.2 Å². The summed E-state index contributed by atoms with van der Waals surface area (Å²) in [4.78, 5) is 45.4. The molecule has 2 heterocycles. The summed E-state index contributed by atoms with van der Waals surface area (Å²) in [7, 11) is 3.26. The van der Waals surface area contributed by atoms with Crippen LogP contribution in [0, 0.1) is 5.82 Å². The zero-order valence-electron chi connectivity index (χ0n) is 32.1. The van der Waals surface area contributed by atoms with Gasteiger partial charge in [-0.2, -0.15) is 0 Å². The number of methoxy groups -OCH3 is 2. The van der Waals surface area contributed by atoms with Crippen molar-refractivity contribution in [2.24, 2.45) is 0 Å². The summed E-state index contributed by atoms with van der Waals surface area (Å²) in [5.74, 6) is -0.407. The molecule has 0 spiro atoms. The monoisotopic (exact) mass is 862 g/mol. The molecule has 53 heavy (non-hydrogen) atoms. The van der Waals surface area contributed by atoms with Crippen molar-refractivity contribution in [2.75, 3.05) is 14.2 Å². The van der Waals surface area contributed by atoms with E-state index < -0.39 is 34.7 Å². The standard InChI is InChI=1S/C17H18ClNO3S.C10H11ClFNO2.C7H8OS.CH2O3.2K.H/c1-17(2,3)22-16(20)15-13(9-10-14(18)19-15)23-12-7-5-11(21-4)6-8-12;1-10(2,3)15-9(14)8-6(12)4-5-7(11)13-8;1-8-6-2-4-7(9)5-3-6;2-1-4-3;;;/h5-10H,1-4H3;4-5H,1-3H3;2-5,9H,1H3;1,3H;;;/q;;;;2*+1;-1/p-1. The van der Waals surface area contributed by atoms with Crippen LogP contribution in [0.5, 0.6) is 11.5 Å². The van der Waals surface area contributed by atoms with E-state index in [1.54, 1.807) is 47.1 Å². The minimum atomic E-state index is -0.817. The fourth-order valence-corrected chi connectivity index (χ4v) is 4.55. The van der Waals surface area contributed by atoms with E-state index in [2.05, 4.69) is 27.5 Å². The molecular weight excluding hydrogens is 825 g/mol. The molecule has 0 saturated heterocycles. The number of hydrogen-bond donors (Lipinski definition) is 1. The molecule has 278 valence electrons. The van der Waals surface area contributed by atoms with Gasteiger partial charge in [0, 0.05) is 14.7 Å². The third-order valence-corrected chi connectivity index (χ3v) is 7.00. The largest absolute Gasteiger partial charge is 1.00 e. The van der Waals surface area contributed by atoms with Crippen LogP contribution in [0.1, 0.15) is 63.9 Å². The second-order valence-electron chi connectivity index (χ2n) is 11.6. The Kier molecular flexibility index (Phi) is 28.4. The van der Waals surface area contributed by atoms with Gasteiger partial charge in [0.1, 0.15) is 33.0 Å². The summed E-state index contributed by atoms with van der Waals surface area (Å²) < 4.78 is 33.6. The van der Waals surface area contributed by atoms with Gasteiger partial charge in [-0.1, -0.05) is 35.0 Å². The van der Waals surface area contributed by atoms with Crippen molar-refractivity contribution in [3.8, 4) is 11.5 Å². The van der Waals surface area contributed by atoms with Crippen molar-refractivity contribution in [3.05, 3.63) is 100 Å². The van der Waals surface area contributed by atoms with Crippen LogP contribution in [0.2, 0.25) is 10.3 Å². The number of halogens is 3. The van der Waals surface area contributed by atoms with Crippen LogP contribution in [0.15, 0.2) is 87.5 Å². The molecule has 0 amide bonds. The summed E-state index contributed by atoms with van der Waals surface area (Å²) >= 11 is 17.0. The number of pyridine rings is 2. The van der Waals surface area contributed by atoms with Gasteiger partial charge in [-0.3, -0.25) is 4.79 Å². The Hall–Kier alpha value is -0.807. The summed E-state index contributed by atoms with van der Waals surface area (Å²) in [5.41, 5.74) is -1.46. The van der Waals surface area contributed by atoms with Gasteiger partial charge in [0.15, 0.2) is 17.2 Å². The van der Waals surface area contributed by atoms with E-state index >= 15 is 0 Å². The van der Waals surface area contributed by atoms with E-state index in [4.69, 9.17) is 52.2 Å². The number of esters is 2. The molecule has 2 aromatic heterocycles. The van der Waals surface area contributed by atoms with Gasteiger partial charge in [-0.05, 0) is 114 Å². The zero-order valence-corrected chi connectivity index (χ0v) is 40.5. The van der Waals surface area contributed by atoms with Gasteiger partial charge in [0.05, 0.1) is 14.2 Å². The van der Waals surface area contributed by atoms with Gasteiger partial charge >= 0.3 is 115 Å². The normalized spacial score (nSPS) is 9.98. The third kappa shape index (κ3) is 23.8. The Morgan fingerprint density at radius 2 is 1.15 bits per heavy atom. The number of aromatic nitrogens is 2. The molecule has 0 aliphatic rings. The minimum absolute atomic E-state index is 0. The first-order valence-electron chi connectivity index (χ1n) is 14.6. The Morgan fingerprint density at radius 1 is 0.755 bits per heavy atom. The van der Waals surface area contributed by atoms with Gasteiger partial charge < -0.3 is 30.5 Å². The van der Waals surface area contributed by atoms with Crippen LogP contribution in [0.4, 0.5) is 4.39 Å². The molecule has 2 aromatic carbocycles. The first-order valence-corrected chi connectivity index (χ1v) is 16.7. The molecule has 0 atom stereocenters. The van der Waals surface area contributed by atoms with Gasteiger partial charge in [0.25, 0.3) is 6.47 Å². The van der Waals surface area contributed by atoms with Crippen LogP contribution in [0.25, 0.3) is 0 Å². The molecule has 0 fully saturated rings. The van der Waals surface area contributed by atoms with Gasteiger partial charge in [-0.15, -0.1) is 12.6 Å². The molecule has 4 aromatic rings. The van der Waals surface area contributed by atoms with Crippen molar-refractivity contribution >= 4 is 66.0 Å². The number of carbonyl (C=O) groups excluding carboxylic acids is 3. The predicted molar refractivity (Wildman–Crippen MR) is 194 cm³/mol. The Labute approximate surface area is 415 Å². The van der Waals surface area contributed by atoms with E-state index in [-0.39, 0.29) is 127 Å². The second kappa shape index (κ2) is 27.7. The van der Waals surface area contributed by atoms with E-state index in [0.717, 1.165) is 27.4 Å². The number of benzene rings is 2. The SMILES string of the molecule is CC(C)(C)OC(=O)c1nc(Cl)ccc1F.COc1ccc(S)cc1.COc1ccc(Sc2ccc(Cl)nc2C(=O)OC(C)(C)C)cc1.O=CO[O-].[H-].[K+].[K+]. The van der Waals surface area contributed by atoms with Gasteiger partial charge in [0.2, 0.25) is 0 Å². The predicted octanol–water partition coefficient (Wildman–Crippen LogP) is 2.22. The van der Waals surface area contributed by atoms with E-state index in [0.29, 0.717) is 4.90 Å². The fourth-order valence-electron chi connectivity index (χ4n) is 3.22. The summed E-state index contributed by atoms with van der Waals surface area (Å²) in [6.07, 6.45) is 0. The van der Waals surface area contributed by atoms with Crippen LogP contribution in [-0.4, -0.2) is 53.8 Å². The first kappa shape index (κ1) is 54.3. The first-order chi connectivity index (χ1) is 23.8. The van der Waals surface area contributed by atoms with Crippen LogP contribution < -0.4 is 118 Å². The molecule has 0 aliphatic heterocycles. The second-order valence-corrected chi connectivity index (χ2v) is 14.0. The van der Waals surface area contributed by atoms with Crippen molar-refractivity contribution in [3.63, 3.8) is 0 Å². The maximum absolute atomic E-state index is 13.2. The smallest absolute Gasteiger partial charge is 1.00 e. The number of carbonyl (C=O) groups is 3. The fraction of sp³-hybridized carbons (Fsp3) is 0.286. The number of thiol groups is 1. The van der Waals surface area contributed by atoms with Crippen LogP contribution >= 0.6 is 47.6 Å². The van der Waals surface area contributed by atoms with Crippen LogP contribution in [0.3, 0.4) is 0 Å². The maximum Gasteiger partial charge on any atom is 1.00 e. The molecule has 0 unspecified atom stereocenters. The Bertz CT molecular complexity index is 1720. The molecule has 0 bridgehead atoms. The number of nitrogens with zero attached hydrogens (tertiary/aromatic N) is 2. The number of ether oxygens (including phenoxy) is 4. The molecule has 0 saturated carbocycles. The zero-order chi connectivity index (χ0) is 38.8. The third-order valence-electron chi connectivity index (χ3n) is 5.22. The average molecular weight is 864 g/mol. The van der Waals surface area contributed by atoms with E-state index in [1.807, 2.05) is 69.3 Å². The van der Waals surface area contributed by atoms with Crippen molar-refractivity contribution in [1.29, 1.82) is 0 Å². The van der Waals surface area contributed by atoms with E-state index in [9.17, 15) is 14.0 Å². The van der Waals surface area contributed by atoms with E-state index in [1.165, 1.54) is 17.8 Å². The molecule has 18 heteroatoms. The topological polar surface area (TPSA) is 146 Å². The Balaban J connectivity index is -0.000000724. The van der Waals surface area contributed by atoms with Crippen molar-refractivity contribution in [1.82, 2.24) is 9.97 Å². The Morgan fingerprint density at radius 3 is 1.57 bits per heavy atom. The molecular formula is C35H39Cl2FK2N2O9S2. The molecule has 0 N–H and O–H groups in total. The maximum atomic E-state index is 13.2. The number of rotatable bonds is 7. The van der Waals surface area contributed by atoms with Gasteiger partial charge in [-0.25, -0.2) is 23.9 Å². The molecule has 11 nitrogen and oxygen atoms in total. The summed E-state index contributed by atoms with van der Waals surface area (Å²) in [5, 5.41) is 8.74. The quantitative estimate of drug-likeness (QED) is 0.0554. The minimum Gasteiger partial charge on any atom is -1.00 e. The summed E-state index contributed by atoms with van der Waals surface area (Å²) in [6, 6.07) is 20.9. The average Bonchev–Trinajstić information content (AvgIpc) is 3.06. The molecule has 0 aliphatic carbocycles. The molecule has 4 rings (SSSR count). The number of hydrogen-bond acceptors (Lipinski definition) is 13. The van der Waals surface area contributed by atoms with Crippen molar-refractivity contribution < 1.29 is 152 Å².